The van der Waals surface area contributed by atoms with Gasteiger partial charge in [0.25, 0.3) is 0 Å². The Morgan fingerprint density at radius 1 is 0.571 bits per heavy atom. The van der Waals surface area contributed by atoms with Crippen LogP contribution in [0.3, 0.4) is 0 Å². The Bertz CT molecular complexity index is 321. The van der Waals surface area contributed by atoms with Gasteiger partial charge in [-0.1, -0.05) is 0 Å². The standard InChI is InChI=1S/C12H11Ge.HI/c1-3-7-11(8-4-1)13-12-9-5-2-6-10-12;/h1-10,13H;1H/q+1;/p-1. The molecule has 0 aromatic heterocycles. The topological polar surface area (TPSA) is 0 Å². The minimum atomic E-state index is -0.392. The van der Waals surface area contributed by atoms with E-state index >= 15 is 0 Å². The third-order valence-corrected chi connectivity index (χ3v) is 4.95. The molecule has 2 heteroatoms. The molecular formula is C12H11GeI. The van der Waals surface area contributed by atoms with Crippen LogP contribution in [0.1, 0.15) is 0 Å². The van der Waals surface area contributed by atoms with E-state index in [1.165, 1.54) is 8.79 Å². The zero-order valence-electron chi connectivity index (χ0n) is 7.73. The fourth-order valence-electron chi connectivity index (χ4n) is 1.29. The molecule has 2 aromatic carbocycles. The summed E-state index contributed by atoms with van der Waals surface area (Å²) in [6.07, 6.45) is 0. The maximum absolute atomic E-state index is 2.23. The van der Waals surface area contributed by atoms with Crippen LogP contribution >= 0.6 is 0 Å². The molecule has 0 fully saturated rings. The molecule has 0 atom stereocenters. The molecule has 2 rings (SSSR count). The second-order valence-electron chi connectivity index (χ2n) is 2.97. The molecule has 0 aliphatic carbocycles. The first-order chi connectivity index (χ1) is 6.45. The van der Waals surface area contributed by atoms with Crippen LogP contribution in [0.5, 0.6) is 0 Å². The van der Waals surface area contributed by atoms with Crippen LogP contribution < -0.4 is 32.8 Å². The summed E-state index contributed by atoms with van der Waals surface area (Å²) in [5.41, 5.74) is 0. The monoisotopic (exact) mass is 356 g/mol. The second-order valence-corrected chi connectivity index (χ2v) is 6.37. The van der Waals surface area contributed by atoms with Crippen LogP contribution in [-0.4, -0.2) is 15.4 Å². The molecule has 0 radical (unpaired) electrons. The van der Waals surface area contributed by atoms with Crippen molar-refractivity contribution in [3.63, 3.8) is 0 Å². The van der Waals surface area contributed by atoms with Crippen molar-refractivity contribution < 1.29 is 24.0 Å². The average Bonchev–Trinajstić information content (AvgIpc) is 2.21. The van der Waals surface area contributed by atoms with Gasteiger partial charge in [-0.25, -0.2) is 0 Å². The summed E-state index contributed by atoms with van der Waals surface area (Å²) in [5, 5.41) is 0. The van der Waals surface area contributed by atoms with Crippen LogP contribution in [0.25, 0.3) is 0 Å². The van der Waals surface area contributed by atoms with E-state index in [2.05, 4.69) is 60.7 Å². The number of hydrogen-bond acceptors (Lipinski definition) is 0. The second kappa shape index (κ2) is 6.24. The van der Waals surface area contributed by atoms with Crippen molar-refractivity contribution in [1.29, 1.82) is 0 Å². The fraction of sp³-hybridized carbons (Fsp3) is 0. The Kier molecular flexibility index (Phi) is 5.26. The first kappa shape index (κ1) is 11.8. The van der Waals surface area contributed by atoms with Crippen molar-refractivity contribution in [2.45, 2.75) is 0 Å². The van der Waals surface area contributed by atoms with Crippen LogP contribution in [0.4, 0.5) is 0 Å². The van der Waals surface area contributed by atoms with Crippen molar-refractivity contribution in [2.75, 3.05) is 0 Å². The molecule has 70 valence electrons. The molecule has 0 saturated carbocycles. The fourth-order valence-corrected chi connectivity index (χ4v) is 3.84. The molecule has 0 unspecified atom stereocenters. The van der Waals surface area contributed by atoms with Gasteiger partial charge >= 0.3 is 84.9 Å². The summed E-state index contributed by atoms with van der Waals surface area (Å²) in [6.45, 7) is 0. The molecule has 14 heavy (non-hydrogen) atoms. The van der Waals surface area contributed by atoms with E-state index in [0.717, 1.165) is 0 Å². The molecule has 0 bridgehead atoms. The van der Waals surface area contributed by atoms with Crippen molar-refractivity contribution in [3.05, 3.63) is 60.7 Å². The summed E-state index contributed by atoms with van der Waals surface area (Å²) in [6, 6.07) is 21.5. The third-order valence-electron chi connectivity index (χ3n) is 1.93. The van der Waals surface area contributed by atoms with E-state index in [1.54, 1.807) is 0 Å². The number of benzene rings is 2. The number of halogens is 1. The zero-order chi connectivity index (χ0) is 8.93. The minimum absolute atomic E-state index is 0. The van der Waals surface area contributed by atoms with Crippen LogP contribution in [0.2, 0.25) is 0 Å². The Morgan fingerprint density at radius 3 is 1.29 bits per heavy atom. The summed E-state index contributed by atoms with van der Waals surface area (Å²) >= 11 is -0.392. The van der Waals surface area contributed by atoms with Crippen molar-refractivity contribution >= 4 is 24.2 Å². The Hall–Kier alpha value is -0.287. The maximum atomic E-state index is 2.23. The number of rotatable bonds is 2. The van der Waals surface area contributed by atoms with Gasteiger partial charge in [-0.15, -0.1) is 0 Å². The molecule has 0 N–H and O–H groups in total. The van der Waals surface area contributed by atoms with E-state index in [1.807, 2.05) is 0 Å². The van der Waals surface area contributed by atoms with Crippen molar-refractivity contribution in [3.8, 4) is 0 Å². The first-order valence-corrected chi connectivity index (χ1v) is 6.82. The van der Waals surface area contributed by atoms with Crippen molar-refractivity contribution in [1.82, 2.24) is 0 Å². The van der Waals surface area contributed by atoms with Crippen LogP contribution in [0, 0.1) is 0 Å². The molecular weight excluding hydrogens is 344 g/mol. The van der Waals surface area contributed by atoms with Gasteiger partial charge in [0.15, 0.2) is 0 Å². The van der Waals surface area contributed by atoms with E-state index in [9.17, 15) is 0 Å². The van der Waals surface area contributed by atoms with Crippen LogP contribution in [-0.2, 0) is 0 Å². The summed E-state index contributed by atoms with van der Waals surface area (Å²) in [5.74, 6) is 0. The van der Waals surface area contributed by atoms with E-state index in [-0.39, 0.29) is 24.0 Å². The Morgan fingerprint density at radius 2 is 0.929 bits per heavy atom. The molecule has 0 saturated heterocycles. The SMILES string of the molecule is [I-].c1cc[c]([GeH+][c]2ccccc2)cc1. The zero-order valence-corrected chi connectivity index (χ0v) is 12.3. The van der Waals surface area contributed by atoms with Crippen LogP contribution in [0.15, 0.2) is 60.7 Å². The van der Waals surface area contributed by atoms with Gasteiger partial charge in [0.05, 0.1) is 0 Å². The van der Waals surface area contributed by atoms with E-state index in [4.69, 9.17) is 0 Å². The quantitative estimate of drug-likeness (QED) is 0.436. The normalized spacial score (nSPS) is 8.86. The van der Waals surface area contributed by atoms with Gasteiger partial charge in [-0.2, -0.15) is 0 Å². The predicted molar refractivity (Wildman–Crippen MR) is 59.3 cm³/mol. The molecule has 0 aliphatic rings. The summed E-state index contributed by atoms with van der Waals surface area (Å²) < 4.78 is 3.05. The van der Waals surface area contributed by atoms with Gasteiger partial charge in [0.1, 0.15) is 0 Å². The Labute approximate surface area is 108 Å². The van der Waals surface area contributed by atoms with Crippen molar-refractivity contribution in [2.24, 2.45) is 0 Å². The average molecular weight is 355 g/mol. The predicted octanol–water partition coefficient (Wildman–Crippen LogP) is -1.92. The third kappa shape index (κ3) is 3.46. The van der Waals surface area contributed by atoms with E-state index in [0.29, 0.717) is 0 Å². The van der Waals surface area contributed by atoms with E-state index < -0.39 is 15.4 Å². The molecule has 2 aromatic rings. The van der Waals surface area contributed by atoms with Gasteiger partial charge in [0, 0.05) is 0 Å². The Balaban J connectivity index is 0.000000980. The summed E-state index contributed by atoms with van der Waals surface area (Å²) in [7, 11) is 0. The first-order valence-electron chi connectivity index (χ1n) is 4.40. The molecule has 0 spiro atoms. The molecule has 0 heterocycles. The molecule has 0 nitrogen and oxygen atoms in total. The number of hydrogen-bond donors (Lipinski definition) is 0. The molecule has 0 amide bonds. The summed E-state index contributed by atoms with van der Waals surface area (Å²) in [4.78, 5) is 0. The van der Waals surface area contributed by atoms with Gasteiger partial charge in [0.2, 0.25) is 0 Å². The van der Waals surface area contributed by atoms with Gasteiger partial charge in [-0.3, -0.25) is 0 Å². The molecule has 0 aliphatic heterocycles. The van der Waals surface area contributed by atoms with Gasteiger partial charge in [-0.05, 0) is 0 Å². The van der Waals surface area contributed by atoms with Gasteiger partial charge < -0.3 is 24.0 Å².